The summed E-state index contributed by atoms with van der Waals surface area (Å²) in [7, 11) is 1.68. The molecular weight excluding hydrogens is 195 g/mol. The second-order valence-corrected chi connectivity index (χ2v) is 2.86. The third-order valence-electron chi connectivity index (χ3n) is 1.01. The number of hydrogen-bond donors (Lipinski definition) is 1. The Kier molecular flexibility index (Phi) is 4.32. The molecule has 0 heterocycles. The number of aliphatic imine (C=N–C) groups is 1. The van der Waals surface area contributed by atoms with Gasteiger partial charge in [-0.1, -0.05) is 0 Å². The molecule has 1 N–H and O–H groups in total. The Balaban J connectivity index is 3.85. The van der Waals surface area contributed by atoms with Gasteiger partial charge in [0.05, 0.1) is 0 Å². The molecule has 1 amide bonds. The molecule has 0 aliphatic carbocycles. The molecule has 0 unspecified atom stereocenters. The number of amides is 1. The maximum absolute atomic E-state index is 10.5. The Labute approximate surface area is 69.1 Å². The molecule has 4 heteroatoms. The molecule has 1 atom stereocenters. The maximum atomic E-state index is 10.5. The zero-order valence-electron chi connectivity index (χ0n) is 6.34. The van der Waals surface area contributed by atoms with E-state index in [4.69, 9.17) is 0 Å². The molecule has 0 spiro atoms. The van der Waals surface area contributed by atoms with Crippen molar-refractivity contribution in [3.05, 3.63) is 0 Å². The normalized spacial score (nSPS) is 14.5. The van der Waals surface area contributed by atoms with Crippen LogP contribution in [0.4, 0.5) is 0 Å². The van der Waals surface area contributed by atoms with Crippen LogP contribution in [-0.2, 0) is 4.79 Å². The number of carbonyl (C=O) groups excluding carboxylic acids is 1. The van der Waals surface area contributed by atoms with E-state index in [1.807, 2.05) is 6.92 Å². The molecular formula is C6H11N2OSe. The van der Waals surface area contributed by atoms with Gasteiger partial charge in [-0.15, -0.1) is 0 Å². The predicted octanol–water partition coefficient (Wildman–Crippen LogP) is -0.292. The van der Waals surface area contributed by atoms with Crippen molar-refractivity contribution in [2.75, 3.05) is 7.05 Å². The van der Waals surface area contributed by atoms with Crippen molar-refractivity contribution in [3.63, 3.8) is 0 Å². The summed E-state index contributed by atoms with van der Waals surface area (Å²) in [6.45, 7) is 3.36. The number of carbonyl (C=O) groups is 1. The molecule has 0 aliphatic rings. The van der Waals surface area contributed by atoms with Crippen molar-refractivity contribution in [1.82, 2.24) is 5.32 Å². The molecule has 10 heavy (non-hydrogen) atoms. The quantitative estimate of drug-likeness (QED) is 0.489. The molecule has 0 saturated carbocycles. The first-order valence-corrected chi connectivity index (χ1v) is 3.84. The minimum absolute atomic E-state index is 0.00231. The van der Waals surface area contributed by atoms with E-state index in [0.29, 0.717) is 0 Å². The first-order valence-electron chi connectivity index (χ1n) is 2.98. The van der Waals surface area contributed by atoms with E-state index in [1.165, 1.54) is 6.92 Å². The van der Waals surface area contributed by atoms with Crippen LogP contribution in [0.5, 0.6) is 0 Å². The zero-order chi connectivity index (χ0) is 8.15. The van der Waals surface area contributed by atoms with Gasteiger partial charge < -0.3 is 0 Å². The van der Waals surface area contributed by atoms with E-state index in [9.17, 15) is 4.79 Å². The molecule has 0 rings (SSSR count). The monoisotopic (exact) mass is 207 g/mol. The topological polar surface area (TPSA) is 41.5 Å². The Bertz CT molecular complexity index is 156. The second kappa shape index (κ2) is 4.47. The molecule has 0 aromatic rings. The Hall–Kier alpha value is -0.341. The second-order valence-electron chi connectivity index (χ2n) is 1.98. The first-order chi connectivity index (χ1) is 4.57. The average molecular weight is 206 g/mol. The molecule has 57 valence electrons. The van der Waals surface area contributed by atoms with Crippen LogP contribution >= 0.6 is 0 Å². The number of nitrogens with one attached hydrogen (secondary N) is 1. The molecule has 0 aromatic carbocycles. The van der Waals surface area contributed by atoms with E-state index < -0.39 is 0 Å². The minimum atomic E-state index is -0.0381. The summed E-state index contributed by atoms with van der Waals surface area (Å²) in [4.78, 5) is 14.4. The Morgan fingerprint density at radius 1 is 1.70 bits per heavy atom. The number of hydrogen-bond acceptors (Lipinski definition) is 2. The Morgan fingerprint density at radius 2 is 2.20 bits per heavy atom. The van der Waals surface area contributed by atoms with Crippen molar-refractivity contribution in [3.8, 4) is 0 Å². The third kappa shape index (κ3) is 3.64. The van der Waals surface area contributed by atoms with Gasteiger partial charge in [0, 0.05) is 0 Å². The van der Waals surface area contributed by atoms with Gasteiger partial charge in [-0.3, -0.25) is 0 Å². The van der Waals surface area contributed by atoms with Crippen molar-refractivity contribution in [1.29, 1.82) is 0 Å². The van der Waals surface area contributed by atoms with Gasteiger partial charge in [-0.05, 0) is 0 Å². The van der Waals surface area contributed by atoms with Crippen LogP contribution in [0, 0.1) is 0 Å². The summed E-state index contributed by atoms with van der Waals surface area (Å²) in [6.07, 6.45) is 0. The standard InChI is InChI=1S/C6H11N2OSe/c1-4(6(10)7-3)8-5(2)9/h4H,1-3H3,(H,8,9)/t4-/m1/s1. The Morgan fingerprint density at radius 3 is 2.50 bits per heavy atom. The number of rotatable bonds is 2. The molecule has 1 radical (unpaired) electrons. The molecule has 0 bridgehead atoms. The van der Waals surface area contributed by atoms with Gasteiger partial charge in [-0.2, -0.15) is 0 Å². The molecule has 0 aliphatic heterocycles. The summed E-state index contributed by atoms with van der Waals surface area (Å²) in [5, 5.41) is 2.69. The van der Waals surface area contributed by atoms with Crippen molar-refractivity contribution in [2.24, 2.45) is 4.99 Å². The fourth-order valence-electron chi connectivity index (χ4n) is 0.560. The van der Waals surface area contributed by atoms with Crippen LogP contribution in [0.15, 0.2) is 4.99 Å². The molecule has 0 saturated heterocycles. The van der Waals surface area contributed by atoms with E-state index in [1.54, 1.807) is 7.05 Å². The van der Waals surface area contributed by atoms with Gasteiger partial charge in [-0.25, -0.2) is 0 Å². The molecule has 3 nitrogen and oxygen atoms in total. The van der Waals surface area contributed by atoms with Crippen LogP contribution < -0.4 is 5.32 Å². The van der Waals surface area contributed by atoms with E-state index in [0.717, 1.165) is 4.61 Å². The van der Waals surface area contributed by atoms with E-state index >= 15 is 0 Å². The van der Waals surface area contributed by atoms with Crippen LogP contribution in [0.3, 0.4) is 0 Å². The van der Waals surface area contributed by atoms with Crippen LogP contribution in [0.25, 0.3) is 0 Å². The summed E-state index contributed by atoms with van der Waals surface area (Å²) in [6, 6.07) is 0.00231. The van der Waals surface area contributed by atoms with Gasteiger partial charge in [0.25, 0.3) is 0 Å². The summed E-state index contributed by atoms with van der Waals surface area (Å²) < 4.78 is 0.815. The van der Waals surface area contributed by atoms with E-state index in [2.05, 4.69) is 26.3 Å². The fraction of sp³-hybridized carbons (Fsp3) is 0.667. The van der Waals surface area contributed by atoms with Gasteiger partial charge in [0.15, 0.2) is 0 Å². The first kappa shape index (κ1) is 9.66. The van der Waals surface area contributed by atoms with Gasteiger partial charge >= 0.3 is 68.6 Å². The van der Waals surface area contributed by atoms with Crippen molar-refractivity contribution < 1.29 is 4.79 Å². The van der Waals surface area contributed by atoms with Crippen LogP contribution in [-0.4, -0.2) is 39.6 Å². The fourth-order valence-corrected chi connectivity index (χ4v) is 0.684. The summed E-state index contributed by atoms with van der Waals surface area (Å²) >= 11 is 2.77. The molecule has 0 aromatic heterocycles. The average Bonchev–Trinajstić information content (AvgIpc) is 1.85. The zero-order valence-corrected chi connectivity index (χ0v) is 8.05. The van der Waals surface area contributed by atoms with E-state index in [-0.39, 0.29) is 11.9 Å². The SMILES string of the molecule is CN=C([Se])[C@@H](C)NC(C)=O. The van der Waals surface area contributed by atoms with Crippen LogP contribution in [0.1, 0.15) is 13.8 Å². The van der Waals surface area contributed by atoms with Gasteiger partial charge in [0.1, 0.15) is 0 Å². The van der Waals surface area contributed by atoms with Crippen LogP contribution in [0.2, 0.25) is 0 Å². The van der Waals surface area contributed by atoms with Crippen molar-refractivity contribution in [2.45, 2.75) is 19.9 Å². The third-order valence-corrected chi connectivity index (χ3v) is 2.14. The van der Waals surface area contributed by atoms with Crippen molar-refractivity contribution >= 4 is 26.5 Å². The van der Waals surface area contributed by atoms with Gasteiger partial charge in [0.2, 0.25) is 0 Å². The number of nitrogens with zero attached hydrogens (tertiary/aromatic N) is 1. The summed E-state index contributed by atoms with van der Waals surface area (Å²) in [5.41, 5.74) is 0. The molecule has 0 fully saturated rings. The predicted molar refractivity (Wildman–Crippen MR) is 42.4 cm³/mol. The summed E-state index contributed by atoms with van der Waals surface area (Å²) in [5.74, 6) is -0.0381.